The van der Waals surface area contributed by atoms with Gasteiger partial charge in [0.25, 0.3) is 11.5 Å². The first-order valence-electron chi connectivity index (χ1n) is 9.86. The zero-order chi connectivity index (χ0) is 21.2. The maximum absolute atomic E-state index is 12.8. The fraction of sp³-hybridized carbons (Fsp3) is 0.0833. The molecular formula is C24H18N4O3. The number of carbonyl (C=O) groups is 1. The van der Waals surface area contributed by atoms with Crippen molar-refractivity contribution in [2.75, 3.05) is 0 Å². The van der Waals surface area contributed by atoms with Crippen molar-refractivity contribution >= 4 is 22.4 Å². The summed E-state index contributed by atoms with van der Waals surface area (Å²) in [6, 6.07) is 24.3. The average molecular weight is 410 g/mol. The van der Waals surface area contributed by atoms with Crippen LogP contribution in [0, 0.1) is 0 Å². The number of benzene rings is 3. The fourth-order valence-electron chi connectivity index (χ4n) is 3.71. The predicted octanol–water partition coefficient (Wildman–Crippen LogP) is 3.58. The Balaban J connectivity index is 1.48. The van der Waals surface area contributed by atoms with E-state index in [2.05, 4.69) is 20.7 Å². The van der Waals surface area contributed by atoms with Crippen LogP contribution >= 0.6 is 0 Å². The van der Waals surface area contributed by atoms with Gasteiger partial charge in [-0.2, -0.15) is 10.2 Å². The van der Waals surface area contributed by atoms with Crippen molar-refractivity contribution in [1.29, 1.82) is 0 Å². The van der Waals surface area contributed by atoms with Crippen molar-refractivity contribution in [2.45, 2.75) is 12.5 Å². The second-order valence-electron chi connectivity index (χ2n) is 7.16. The number of H-pyrrole nitrogens is 1. The highest BCUT2D eigenvalue weighted by molar-refractivity contribution is 6.07. The third-order valence-corrected chi connectivity index (χ3v) is 5.22. The van der Waals surface area contributed by atoms with Crippen molar-refractivity contribution in [3.05, 3.63) is 106 Å². The molecule has 0 radical (unpaired) electrons. The molecule has 2 N–H and O–H groups in total. The van der Waals surface area contributed by atoms with Gasteiger partial charge >= 0.3 is 0 Å². The quantitative estimate of drug-likeness (QED) is 0.505. The van der Waals surface area contributed by atoms with Gasteiger partial charge in [0, 0.05) is 17.4 Å². The number of hydrogen-bond acceptors (Lipinski definition) is 5. The second-order valence-corrected chi connectivity index (χ2v) is 7.16. The molecule has 1 aromatic heterocycles. The van der Waals surface area contributed by atoms with Crippen molar-refractivity contribution in [2.24, 2.45) is 5.10 Å². The van der Waals surface area contributed by atoms with E-state index in [4.69, 9.17) is 4.74 Å². The van der Waals surface area contributed by atoms with Crippen LogP contribution in [-0.4, -0.2) is 21.8 Å². The highest BCUT2D eigenvalue weighted by Gasteiger charge is 2.26. The topological polar surface area (TPSA) is 96.4 Å². The van der Waals surface area contributed by atoms with Gasteiger partial charge in [-0.05, 0) is 23.8 Å². The Hall–Kier alpha value is -4.26. The van der Waals surface area contributed by atoms with Crippen LogP contribution in [0.2, 0.25) is 0 Å². The molecule has 0 bridgehead atoms. The number of para-hydroxylation sites is 1. The zero-order valence-electron chi connectivity index (χ0n) is 16.4. The molecule has 31 heavy (non-hydrogen) atoms. The number of rotatable bonds is 3. The zero-order valence-corrected chi connectivity index (χ0v) is 16.4. The van der Waals surface area contributed by atoms with Crippen LogP contribution in [0.3, 0.4) is 0 Å². The Morgan fingerprint density at radius 2 is 1.68 bits per heavy atom. The van der Waals surface area contributed by atoms with E-state index in [0.29, 0.717) is 28.7 Å². The number of aromatic nitrogens is 2. The first-order chi connectivity index (χ1) is 15.2. The van der Waals surface area contributed by atoms with Crippen molar-refractivity contribution < 1.29 is 9.53 Å². The Labute approximate surface area is 177 Å². The summed E-state index contributed by atoms with van der Waals surface area (Å²) in [6.07, 6.45) is 0.292. The predicted molar refractivity (Wildman–Crippen MR) is 117 cm³/mol. The number of hydrogen-bond donors (Lipinski definition) is 2. The number of nitrogens with one attached hydrogen (secondary N) is 2. The summed E-state index contributed by atoms with van der Waals surface area (Å²) in [5.41, 5.74) is 4.93. The van der Waals surface area contributed by atoms with Crippen molar-refractivity contribution in [1.82, 2.24) is 15.6 Å². The smallest absolute Gasteiger partial charge is 0.292 e. The SMILES string of the molecule is O=C(N/N=C1/C[C@H](c2ccccc2)Oc2ccccc21)c1n[nH]c(=O)c2ccccc12. The molecule has 1 aliphatic heterocycles. The Bertz CT molecular complexity index is 1360. The lowest BCUT2D eigenvalue weighted by molar-refractivity contribution is 0.0950. The molecule has 3 aromatic carbocycles. The summed E-state index contributed by atoms with van der Waals surface area (Å²) < 4.78 is 6.16. The third kappa shape index (κ3) is 3.57. The minimum atomic E-state index is -0.500. The number of ether oxygens (including phenoxy) is 1. The van der Waals surface area contributed by atoms with E-state index in [1.54, 1.807) is 24.3 Å². The van der Waals surface area contributed by atoms with Crippen LogP contribution in [0.4, 0.5) is 0 Å². The monoisotopic (exact) mass is 410 g/mol. The van der Waals surface area contributed by atoms with E-state index >= 15 is 0 Å². The molecule has 1 atom stereocenters. The Morgan fingerprint density at radius 1 is 0.968 bits per heavy atom. The van der Waals surface area contributed by atoms with Gasteiger partial charge in [-0.3, -0.25) is 9.59 Å². The molecule has 4 aromatic rings. The van der Waals surface area contributed by atoms with Crippen LogP contribution < -0.4 is 15.7 Å². The number of fused-ring (bicyclic) bond motifs is 2. The molecule has 2 heterocycles. The summed E-state index contributed by atoms with van der Waals surface area (Å²) in [5, 5.41) is 11.6. The molecule has 1 amide bonds. The van der Waals surface area contributed by atoms with Gasteiger partial charge < -0.3 is 4.74 Å². The number of aromatic amines is 1. The molecule has 5 rings (SSSR count). The van der Waals surface area contributed by atoms with Crippen LogP contribution in [0.5, 0.6) is 5.75 Å². The first-order valence-corrected chi connectivity index (χ1v) is 9.86. The minimum absolute atomic E-state index is 0.111. The highest BCUT2D eigenvalue weighted by Crippen LogP contribution is 2.34. The molecule has 152 valence electrons. The van der Waals surface area contributed by atoms with Crippen LogP contribution in [0.15, 0.2) is 88.8 Å². The van der Waals surface area contributed by atoms with Crippen molar-refractivity contribution in [3.63, 3.8) is 0 Å². The average Bonchev–Trinajstić information content (AvgIpc) is 2.83. The molecule has 7 nitrogen and oxygen atoms in total. The van der Waals surface area contributed by atoms with Gasteiger partial charge in [0.1, 0.15) is 11.9 Å². The molecule has 7 heteroatoms. The van der Waals surface area contributed by atoms with E-state index in [1.807, 2.05) is 54.6 Å². The minimum Gasteiger partial charge on any atom is -0.485 e. The molecule has 0 saturated carbocycles. The van der Waals surface area contributed by atoms with Gasteiger partial charge in [0.2, 0.25) is 0 Å². The van der Waals surface area contributed by atoms with Gasteiger partial charge in [0.05, 0.1) is 11.1 Å². The third-order valence-electron chi connectivity index (χ3n) is 5.22. The van der Waals surface area contributed by atoms with Gasteiger partial charge in [-0.1, -0.05) is 60.7 Å². The van der Waals surface area contributed by atoms with E-state index in [1.165, 1.54) is 0 Å². The standard InChI is InChI=1S/C24H18N4O3/c29-23-17-11-5-4-10-16(17)22(26-27-23)24(30)28-25-19-14-21(15-8-2-1-3-9-15)31-20-13-7-6-12-18(19)20/h1-13,21H,14H2,(H,27,29)(H,28,30)/b25-19-/t21-/m1/s1. The lowest BCUT2D eigenvalue weighted by Gasteiger charge is -2.27. The van der Waals surface area contributed by atoms with Gasteiger partial charge in [0.15, 0.2) is 5.69 Å². The largest absolute Gasteiger partial charge is 0.485 e. The lowest BCUT2D eigenvalue weighted by atomic mass is 9.96. The number of nitrogens with zero attached hydrogens (tertiary/aromatic N) is 2. The maximum Gasteiger partial charge on any atom is 0.292 e. The fourth-order valence-corrected chi connectivity index (χ4v) is 3.71. The second kappa shape index (κ2) is 7.87. The first kappa shape index (κ1) is 18.7. The van der Waals surface area contributed by atoms with Crippen LogP contribution in [0.25, 0.3) is 10.8 Å². The summed E-state index contributed by atoms with van der Waals surface area (Å²) in [4.78, 5) is 24.8. The van der Waals surface area contributed by atoms with Gasteiger partial charge in [-0.25, -0.2) is 10.5 Å². The van der Waals surface area contributed by atoms with E-state index in [9.17, 15) is 9.59 Å². The van der Waals surface area contributed by atoms with E-state index < -0.39 is 5.91 Å². The normalized spacial score (nSPS) is 16.5. The highest BCUT2D eigenvalue weighted by atomic mass is 16.5. The summed E-state index contributed by atoms with van der Waals surface area (Å²) >= 11 is 0. The molecular weight excluding hydrogens is 392 g/mol. The molecule has 0 fully saturated rings. The van der Waals surface area contributed by atoms with E-state index in [0.717, 1.165) is 11.1 Å². The summed E-state index contributed by atoms with van der Waals surface area (Å²) in [5.74, 6) is 0.211. The molecule has 1 aliphatic rings. The summed E-state index contributed by atoms with van der Waals surface area (Å²) in [7, 11) is 0. The number of hydrazone groups is 1. The van der Waals surface area contributed by atoms with E-state index in [-0.39, 0.29) is 17.4 Å². The lowest BCUT2D eigenvalue weighted by Crippen LogP contribution is -2.27. The maximum atomic E-state index is 12.8. The number of carbonyl (C=O) groups excluding carboxylic acids is 1. The molecule has 0 saturated heterocycles. The number of amides is 1. The van der Waals surface area contributed by atoms with Crippen LogP contribution in [-0.2, 0) is 0 Å². The Kier molecular flexibility index (Phi) is 4.76. The van der Waals surface area contributed by atoms with Crippen LogP contribution in [0.1, 0.15) is 34.1 Å². The van der Waals surface area contributed by atoms with Gasteiger partial charge in [-0.15, -0.1) is 0 Å². The van der Waals surface area contributed by atoms with Crippen molar-refractivity contribution in [3.8, 4) is 5.75 Å². The molecule has 0 spiro atoms. The molecule has 0 unspecified atom stereocenters. The molecule has 0 aliphatic carbocycles. The summed E-state index contributed by atoms with van der Waals surface area (Å²) in [6.45, 7) is 0. The Morgan fingerprint density at radius 3 is 2.52 bits per heavy atom.